The number of H-pyrrole nitrogens is 1. The highest BCUT2D eigenvalue weighted by molar-refractivity contribution is 5.94. The van der Waals surface area contributed by atoms with Crippen molar-refractivity contribution in [1.29, 1.82) is 0 Å². The number of likely N-dealkylation sites (tertiary alicyclic amines) is 1. The van der Waals surface area contributed by atoms with E-state index in [2.05, 4.69) is 25.2 Å². The summed E-state index contributed by atoms with van der Waals surface area (Å²) in [7, 11) is 1.54. The maximum Gasteiger partial charge on any atom is 0.251 e. The zero-order valence-corrected chi connectivity index (χ0v) is 14.1. The van der Waals surface area contributed by atoms with Crippen LogP contribution in [0.4, 0.5) is 0 Å². The molecule has 1 aliphatic heterocycles. The highest BCUT2D eigenvalue weighted by atomic mass is 16.5. The molecule has 0 bridgehead atoms. The number of hydrogen-bond donors (Lipinski definition) is 2. The van der Waals surface area contributed by atoms with Crippen molar-refractivity contribution < 1.29 is 9.53 Å². The van der Waals surface area contributed by atoms with Crippen LogP contribution in [0.15, 0.2) is 24.5 Å². The Balaban J connectivity index is 1.46. The Morgan fingerprint density at radius 2 is 2.38 bits per heavy atom. The fraction of sp³-hybridized carbons (Fsp3) is 0.471. The van der Waals surface area contributed by atoms with Gasteiger partial charge in [0.1, 0.15) is 5.82 Å². The van der Waals surface area contributed by atoms with Crippen molar-refractivity contribution in [2.24, 2.45) is 5.92 Å². The van der Waals surface area contributed by atoms with E-state index in [1.165, 1.54) is 7.11 Å². The van der Waals surface area contributed by atoms with Crippen molar-refractivity contribution in [2.45, 2.75) is 19.9 Å². The Morgan fingerprint density at radius 3 is 3.12 bits per heavy atom. The van der Waals surface area contributed by atoms with Crippen LogP contribution in [0.5, 0.6) is 5.88 Å². The van der Waals surface area contributed by atoms with Crippen LogP contribution in [0.3, 0.4) is 0 Å². The van der Waals surface area contributed by atoms with E-state index >= 15 is 0 Å². The van der Waals surface area contributed by atoms with Crippen LogP contribution in [0, 0.1) is 12.8 Å². The molecule has 2 aromatic rings. The number of aromatic amines is 1. The molecule has 1 fully saturated rings. The third kappa shape index (κ3) is 4.11. The minimum Gasteiger partial charge on any atom is -0.481 e. The number of rotatable bonds is 6. The third-order valence-electron chi connectivity index (χ3n) is 4.28. The maximum atomic E-state index is 12.2. The number of pyridine rings is 1. The number of nitrogens with one attached hydrogen (secondary N) is 2. The minimum absolute atomic E-state index is 0.0849. The molecule has 3 rings (SSSR count). The lowest BCUT2D eigenvalue weighted by atomic mass is 10.1. The highest BCUT2D eigenvalue weighted by Crippen LogP contribution is 2.18. The summed E-state index contributed by atoms with van der Waals surface area (Å²) in [4.78, 5) is 26.1. The molecular weight excluding hydrogens is 306 g/mol. The molecule has 2 N–H and O–H groups in total. The lowest BCUT2D eigenvalue weighted by molar-refractivity contribution is 0.0946. The number of aromatic nitrogens is 3. The molecule has 128 valence electrons. The molecule has 3 heterocycles. The van der Waals surface area contributed by atoms with Crippen LogP contribution in [0.25, 0.3) is 0 Å². The van der Waals surface area contributed by atoms with E-state index in [4.69, 9.17) is 4.74 Å². The average Bonchev–Trinajstić information content (AvgIpc) is 3.22. The van der Waals surface area contributed by atoms with Gasteiger partial charge in [0, 0.05) is 49.4 Å². The van der Waals surface area contributed by atoms with E-state index in [0.717, 1.165) is 37.6 Å². The van der Waals surface area contributed by atoms with Crippen LogP contribution in [-0.2, 0) is 6.54 Å². The van der Waals surface area contributed by atoms with Gasteiger partial charge in [0.15, 0.2) is 0 Å². The largest absolute Gasteiger partial charge is 0.481 e. The molecule has 1 atom stereocenters. The summed E-state index contributed by atoms with van der Waals surface area (Å²) in [6.07, 6.45) is 4.56. The van der Waals surface area contributed by atoms with E-state index in [1.54, 1.807) is 18.3 Å². The standard InChI is InChI=1S/C17H23N5O2/c1-12-19-9-15(21-12)11-22-6-4-13(10-22)8-20-17(23)14-3-5-18-16(7-14)24-2/h3,5,7,9,13H,4,6,8,10-11H2,1-2H3,(H,19,21)(H,20,23)/t13-/m0/s1. The Hall–Kier alpha value is -2.41. The van der Waals surface area contributed by atoms with E-state index in [9.17, 15) is 4.79 Å². The lowest BCUT2D eigenvalue weighted by Crippen LogP contribution is -2.31. The zero-order chi connectivity index (χ0) is 16.9. The number of imidazole rings is 1. The van der Waals surface area contributed by atoms with Crippen LogP contribution in [-0.4, -0.2) is 52.5 Å². The molecule has 0 radical (unpaired) electrons. The molecule has 1 saturated heterocycles. The summed E-state index contributed by atoms with van der Waals surface area (Å²) in [5, 5.41) is 3.01. The Kier molecular flexibility index (Phi) is 5.10. The van der Waals surface area contributed by atoms with E-state index < -0.39 is 0 Å². The van der Waals surface area contributed by atoms with Gasteiger partial charge in [-0.1, -0.05) is 0 Å². The van der Waals surface area contributed by atoms with Gasteiger partial charge in [-0.3, -0.25) is 9.69 Å². The van der Waals surface area contributed by atoms with E-state index in [1.807, 2.05) is 13.1 Å². The number of hydrogen-bond acceptors (Lipinski definition) is 5. The molecule has 1 aliphatic rings. The van der Waals surface area contributed by atoms with Gasteiger partial charge in [-0.15, -0.1) is 0 Å². The third-order valence-corrected chi connectivity index (χ3v) is 4.28. The Bertz CT molecular complexity index is 700. The molecule has 7 nitrogen and oxygen atoms in total. The second-order valence-electron chi connectivity index (χ2n) is 6.18. The average molecular weight is 329 g/mol. The van der Waals surface area contributed by atoms with Gasteiger partial charge in [-0.05, 0) is 31.9 Å². The summed E-state index contributed by atoms with van der Waals surface area (Å²) < 4.78 is 5.05. The van der Waals surface area contributed by atoms with Crippen molar-refractivity contribution in [3.8, 4) is 5.88 Å². The van der Waals surface area contributed by atoms with Crippen LogP contribution in [0.2, 0.25) is 0 Å². The fourth-order valence-corrected chi connectivity index (χ4v) is 3.02. The summed E-state index contributed by atoms with van der Waals surface area (Å²) in [6.45, 7) is 5.55. The lowest BCUT2D eigenvalue weighted by Gasteiger charge is -2.15. The van der Waals surface area contributed by atoms with Gasteiger partial charge in [0.05, 0.1) is 7.11 Å². The molecule has 0 unspecified atom stereocenters. The molecular formula is C17H23N5O2. The van der Waals surface area contributed by atoms with Crippen molar-refractivity contribution in [1.82, 2.24) is 25.2 Å². The summed E-state index contributed by atoms with van der Waals surface area (Å²) in [6, 6.07) is 3.34. The number of aryl methyl sites for hydroxylation is 1. The zero-order valence-electron chi connectivity index (χ0n) is 14.1. The number of methoxy groups -OCH3 is 1. The summed E-state index contributed by atoms with van der Waals surface area (Å²) in [5.41, 5.74) is 1.71. The predicted molar refractivity (Wildman–Crippen MR) is 89.8 cm³/mol. The van der Waals surface area contributed by atoms with Gasteiger partial charge in [-0.2, -0.15) is 0 Å². The number of nitrogens with zero attached hydrogens (tertiary/aromatic N) is 3. The first-order valence-corrected chi connectivity index (χ1v) is 8.15. The minimum atomic E-state index is -0.0849. The summed E-state index contributed by atoms with van der Waals surface area (Å²) in [5.74, 6) is 1.78. The Morgan fingerprint density at radius 1 is 1.50 bits per heavy atom. The quantitative estimate of drug-likeness (QED) is 0.836. The molecule has 24 heavy (non-hydrogen) atoms. The van der Waals surface area contributed by atoms with Gasteiger partial charge >= 0.3 is 0 Å². The number of ether oxygens (including phenoxy) is 1. The highest BCUT2D eigenvalue weighted by Gasteiger charge is 2.23. The van der Waals surface area contributed by atoms with Crippen LogP contribution < -0.4 is 10.1 Å². The molecule has 0 saturated carbocycles. The van der Waals surface area contributed by atoms with Crippen molar-refractivity contribution in [2.75, 3.05) is 26.7 Å². The monoisotopic (exact) mass is 329 g/mol. The molecule has 7 heteroatoms. The molecule has 1 amide bonds. The van der Waals surface area contributed by atoms with Crippen molar-refractivity contribution in [3.63, 3.8) is 0 Å². The first-order chi connectivity index (χ1) is 11.6. The van der Waals surface area contributed by atoms with E-state index in [0.29, 0.717) is 23.9 Å². The van der Waals surface area contributed by atoms with Gasteiger partial charge < -0.3 is 15.0 Å². The number of carbonyl (C=O) groups is 1. The maximum absolute atomic E-state index is 12.2. The number of carbonyl (C=O) groups excluding carboxylic acids is 1. The topological polar surface area (TPSA) is 83.1 Å². The SMILES string of the molecule is COc1cc(C(=O)NC[C@@H]2CCN(Cc3cnc(C)[nH]3)C2)ccn1. The molecule has 0 aliphatic carbocycles. The second-order valence-corrected chi connectivity index (χ2v) is 6.18. The normalized spacial score (nSPS) is 17.8. The number of amides is 1. The van der Waals surface area contributed by atoms with E-state index in [-0.39, 0.29) is 5.91 Å². The first-order valence-electron chi connectivity index (χ1n) is 8.15. The van der Waals surface area contributed by atoms with Gasteiger partial charge in [-0.25, -0.2) is 9.97 Å². The van der Waals surface area contributed by atoms with Crippen molar-refractivity contribution >= 4 is 5.91 Å². The predicted octanol–water partition coefficient (Wildman–Crippen LogP) is 1.37. The van der Waals surface area contributed by atoms with Crippen LogP contribution in [0.1, 0.15) is 28.3 Å². The van der Waals surface area contributed by atoms with Gasteiger partial charge in [0.25, 0.3) is 5.91 Å². The van der Waals surface area contributed by atoms with Gasteiger partial charge in [0.2, 0.25) is 5.88 Å². The van der Waals surface area contributed by atoms with Crippen LogP contribution >= 0.6 is 0 Å². The smallest absolute Gasteiger partial charge is 0.251 e. The molecule has 2 aromatic heterocycles. The Labute approximate surface area is 141 Å². The fourth-order valence-electron chi connectivity index (χ4n) is 3.02. The molecule has 0 spiro atoms. The molecule has 0 aromatic carbocycles. The van der Waals surface area contributed by atoms with Crippen molar-refractivity contribution in [3.05, 3.63) is 41.6 Å². The second kappa shape index (κ2) is 7.44. The first kappa shape index (κ1) is 16.4. The summed E-state index contributed by atoms with van der Waals surface area (Å²) >= 11 is 0.